The van der Waals surface area contributed by atoms with Crippen LogP contribution < -0.4 is 15.2 Å². The van der Waals surface area contributed by atoms with Crippen LogP contribution in [-0.2, 0) is 16.6 Å². The molecule has 6 heteroatoms. The maximum absolute atomic E-state index is 11.4. The van der Waals surface area contributed by atoms with Crippen molar-refractivity contribution >= 4 is 10.0 Å². The Bertz CT molecular complexity index is 472. The number of rotatable bonds is 6. The van der Waals surface area contributed by atoms with Crippen LogP contribution in [-0.4, -0.2) is 22.1 Å². The molecule has 0 aliphatic rings. The molecule has 0 amide bonds. The van der Waals surface area contributed by atoms with Crippen LogP contribution in [0.3, 0.4) is 0 Å². The van der Waals surface area contributed by atoms with E-state index in [0.717, 1.165) is 18.5 Å². The number of nitrogens with one attached hydrogen (secondary N) is 1. The van der Waals surface area contributed by atoms with Crippen LogP contribution in [0.5, 0.6) is 5.75 Å². The molecule has 0 heterocycles. The molecule has 0 saturated heterocycles. The van der Waals surface area contributed by atoms with Crippen LogP contribution in [0.2, 0.25) is 0 Å². The van der Waals surface area contributed by atoms with Gasteiger partial charge in [0.2, 0.25) is 10.0 Å². The number of ether oxygens (including phenoxy) is 1. The number of nitrogens with two attached hydrogens (primary N) is 1. The van der Waals surface area contributed by atoms with Gasteiger partial charge in [-0.05, 0) is 30.7 Å². The predicted octanol–water partition coefficient (Wildman–Crippen LogP) is 0.842. The minimum absolute atomic E-state index is 0.0239. The second kappa shape index (κ2) is 6.00. The molecule has 17 heavy (non-hydrogen) atoms. The van der Waals surface area contributed by atoms with E-state index in [2.05, 4.69) is 12.2 Å². The van der Waals surface area contributed by atoms with E-state index in [4.69, 9.17) is 9.88 Å². The summed E-state index contributed by atoms with van der Waals surface area (Å²) in [5, 5.41) is 8.32. The monoisotopic (exact) mass is 258 g/mol. The third kappa shape index (κ3) is 3.99. The van der Waals surface area contributed by atoms with E-state index in [-0.39, 0.29) is 10.6 Å². The molecule has 0 fully saturated rings. The lowest BCUT2D eigenvalue weighted by Crippen LogP contribution is -2.16. The average Bonchev–Trinajstić information content (AvgIpc) is 2.28. The highest BCUT2D eigenvalue weighted by Crippen LogP contribution is 2.23. The molecule has 0 saturated carbocycles. The van der Waals surface area contributed by atoms with Crippen LogP contribution in [0, 0.1) is 0 Å². The highest BCUT2D eigenvalue weighted by molar-refractivity contribution is 7.89. The van der Waals surface area contributed by atoms with Gasteiger partial charge in [0.15, 0.2) is 0 Å². The first-order valence-corrected chi connectivity index (χ1v) is 6.94. The van der Waals surface area contributed by atoms with E-state index in [9.17, 15) is 8.42 Å². The fourth-order valence-corrected chi connectivity index (χ4v) is 2.21. The normalized spacial score (nSPS) is 11.5. The Labute approximate surface area is 102 Å². The summed E-state index contributed by atoms with van der Waals surface area (Å²) in [6.07, 6.45) is 1.03. The van der Waals surface area contributed by atoms with Gasteiger partial charge in [-0.1, -0.05) is 13.0 Å². The molecule has 3 N–H and O–H groups in total. The number of sulfonamides is 1. The molecule has 0 aliphatic heterocycles. The molecule has 1 aromatic rings. The predicted molar refractivity (Wildman–Crippen MR) is 66.4 cm³/mol. The maximum atomic E-state index is 11.4. The van der Waals surface area contributed by atoms with E-state index in [1.54, 1.807) is 6.07 Å². The van der Waals surface area contributed by atoms with Gasteiger partial charge in [-0.3, -0.25) is 0 Å². The van der Waals surface area contributed by atoms with Crippen molar-refractivity contribution in [3.63, 3.8) is 0 Å². The summed E-state index contributed by atoms with van der Waals surface area (Å²) in [5.74, 6) is 0.270. The van der Waals surface area contributed by atoms with Crippen LogP contribution in [0.1, 0.15) is 18.9 Å². The highest BCUT2D eigenvalue weighted by atomic mass is 32.2. The Balaban J connectivity index is 2.97. The molecule has 0 bridgehead atoms. The molecule has 5 nitrogen and oxygen atoms in total. The highest BCUT2D eigenvalue weighted by Gasteiger charge is 2.15. The van der Waals surface area contributed by atoms with E-state index in [1.165, 1.54) is 13.2 Å². The van der Waals surface area contributed by atoms with Crippen molar-refractivity contribution in [1.29, 1.82) is 0 Å². The minimum atomic E-state index is -3.75. The second-order valence-electron chi connectivity index (χ2n) is 3.71. The molecule has 1 aromatic carbocycles. The molecule has 0 aromatic heterocycles. The largest absolute Gasteiger partial charge is 0.495 e. The molecular formula is C11H18N2O3S. The van der Waals surface area contributed by atoms with Crippen molar-refractivity contribution in [2.24, 2.45) is 5.14 Å². The number of hydrogen-bond acceptors (Lipinski definition) is 4. The quantitative estimate of drug-likeness (QED) is 0.741. The molecule has 0 aliphatic carbocycles. The number of methoxy groups -OCH3 is 1. The van der Waals surface area contributed by atoms with E-state index >= 15 is 0 Å². The van der Waals surface area contributed by atoms with E-state index in [1.807, 2.05) is 6.07 Å². The Morgan fingerprint density at radius 1 is 1.41 bits per heavy atom. The molecule has 0 atom stereocenters. The zero-order chi connectivity index (χ0) is 12.9. The van der Waals surface area contributed by atoms with Crippen molar-refractivity contribution in [1.82, 2.24) is 5.32 Å². The van der Waals surface area contributed by atoms with Gasteiger partial charge >= 0.3 is 0 Å². The van der Waals surface area contributed by atoms with Crippen LogP contribution in [0.15, 0.2) is 23.1 Å². The lowest BCUT2D eigenvalue weighted by atomic mass is 10.2. The first kappa shape index (κ1) is 14.0. The zero-order valence-electron chi connectivity index (χ0n) is 10.1. The van der Waals surface area contributed by atoms with Gasteiger partial charge < -0.3 is 10.1 Å². The lowest BCUT2D eigenvalue weighted by molar-refractivity contribution is 0.402. The van der Waals surface area contributed by atoms with Gasteiger partial charge in [0.1, 0.15) is 10.6 Å². The summed E-state index contributed by atoms with van der Waals surface area (Å²) in [6, 6.07) is 4.97. The van der Waals surface area contributed by atoms with E-state index in [0.29, 0.717) is 6.54 Å². The van der Waals surface area contributed by atoms with Gasteiger partial charge in [0.05, 0.1) is 7.11 Å². The van der Waals surface area contributed by atoms with Gasteiger partial charge in [0, 0.05) is 6.54 Å². The van der Waals surface area contributed by atoms with Crippen LogP contribution >= 0.6 is 0 Å². The van der Waals surface area contributed by atoms with Crippen molar-refractivity contribution < 1.29 is 13.2 Å². The standard InChI is InChI=1S/C11H18N2O3S/c1-3-6-13-8-9-4-5-10(16-2)11(7-9)17(12,14)15/h4-5,7,13H,3,6,8H2,1-2H3,(H2,12,14,15). The Morgan fingerprint density at radius 3 is 2.65 bits per heavy atom. The molecule has 96 valence electrons. The summed E-state index contributed by atoms with van der Waals surface area (Å²) in [4.78, 5) is 0.0239. The molecule has 0 spiro atoms. The first-order chi connectivity index (χ1) is 7.99. The topological polar surface area (TPSA) is 81.4 Å². The van der Waals surface area contributed by atoms with Crippen molar-refractivity contribution in [2.45, 2.75) is 24.8 Å². The van der Waals surface area contributed by atoms with Gasteiger partial charge in [-0.15, -0.1) is 0 Å². The summed E-state index contributed by atoms with van der Waals surface area (Å²) < 4.78 is 27.7. The summed E-state index contributed by atoms with van der Waals surface area (Å²) >= 11 is 0. The first-order valence-electron chi connectivity index (χ1n) is 5.39. The summed E-state index contributed by atoms with van der Waals surface area (Å²) in [5.41, 5.74) is 0.864. The van der Waals surface area contributed by atoms with Crippen LogP contribution in [0.25, 0.3) is 0 Å². The smallest absolute Gasteiger partial charge is 0.241 e. The van der Waals surface area contributed by atoms with Crippen molar-refractivity contribution in [2.75, 3.05) is 13.7 Å². The van der Waals surface area contributed by atoms with Gasteiger partial charge in [-0.2, -0.15) is 0 Å². The summed E-state index contributed by atoms with van der Waals surface area (Å²) in [6.45, 7) is 3.56. The molecule has 0 unspecified atom stereocenters. The second-order valence-corrected chi connectivity index (χ2v) is 5.24. The summed E-state index contributed by atoms with van der Waals surface area (Å²) in [7, 11) is -2.34. The number of hydrogen-bond donors (Lipinski definition) is 2. The lowest BCUT2D eigenvalue weighted by Gasteiger charge is -2.09. The fraction of sp³-hybridized carbons (Fsp3) is 0.455. The maximum Gasteiger partial charge on any atom is 0.241 e. The number of benzene rings is 1. The molecule has 1 rings (SSSR count). The zero-order valence-corrected chi connectivity index (χ0v) is 10.9. The van der Waals surface area contributed by atoms with Crippen molar-refractivity contribution in [3.8, 4) is 5.75 Å². The Kier molecular flexibility index (Phi) is 4.92. The molecular weight excluding hydrogens is 240 g/mol. The van der Waals surface area contributed by atoms with Gasteiger partial charge in [0.25, 0.3) is 0 Å². The van der Waals surface area contributed by atoms with E-state index < -0.39 is 10.0 Å². The third-order valence-electron chi connectivity index (χ3n) is 2.29. The minimum Gasteiger partial charge on any atom is -0.495 e. The number of primary sulfonamides is 1. The third-order valence-corrected chi connectivity index (χ3v) is 3.22. The Hall–Kier alpha value is -1.11. The fourth-order valence-electron chi connectivity index (χ4n) is 1.46. The SMILES string of the molecule is CCCNCc1ccc(OC)c(S(N)(=O)=O)c1. The average molecular weight is 258 g/mol. The van der Waals surface area contributed by atoms with Gasteiger partial charge in [-0.25, -0.2) is 13.6 Å². The Morgan fingerprint density at radius 2 is 2.12 bits per heavy atom. The van der Waals surface area contributed by atoms with Crippen LogP contribution in [0.4, 0.5) is 0 Å². The molecule has 0 radical (unpaired) electrons. The van der Waals surface area contributed by atoms with Crippen molar-refractivity contribution in [3.05, 3.63) is 23.8 Å².